The molecule has 0 spiro atoms. The summed E-state index contributed by atoms with van der Waals surface area (Å²) in [5.41, 5.74) is 3.77. The fraction of sp³-hybridized carbons (Fsp3) is 0.667. The molecule has 3 atom stereocenters. The number of hydrogen-bond donors (Lipinski definition) is 1. The van der Waals surface area contributed by atoms with Gasteiger partial charge in [-0.15, -0.1) is 0 Å². The summed E-state index contributed by atoms with van der Waals surface area (Å²) in [6.07, 6.45) is 5.84. The van der Waals surface area contributed by atoms with Crippen LogP contribution in [0, 0.1) is 13.8 Å². The molecular weight excluding hydrogens is 278 g/mol. The summed E-state index contributed by atoms with van der Waals surface area (Å²) >= 11 is 0. The molecule has 1 aliphatic rings. The Balaban J connectivity index is 1.93. The molecule has 3 unspecified atom stereocenters. The van der Waals surface area contributed by atoms with Gasteiger partial charge in [-0.3, -0.25) is 4.21 Å². The van der Waals surface area contributed by atoms with E-state index < -0.39 is 10.8 Å². The van der Waals surface area contributed by atoms with Gasteiger partial charge in [-0.05, 0) is 51.6 Å². The van der Waals surface area contributed by atoms with Crippen molar-refractivity contribution in [3.8, 4) is 0 Å². The molecular formula is C18H29NOS. The molecule has 2 nitrogen and oxygen atoms in total. The molecule has 1 aromatic rings. The van der Waals surface area contributed by atoms with Gasteiger partial charge < -0.3 is 5.32 Å². The van der Waals surface area contributed by atoms with Crippen molar-refractivity contribution in [1.82, 2.24) is 5.32 Å². The van der Waals surface area contributed by atoms with Crippen molar-refractivity contribution in [3.63, 3.8) is 0 Å². The lowest BCUT2D eigenvalue weighted by Gasteiger charge is -2.29. The van der Waals surface area contributed by atoms with E-state index in [0.29, 0.717) is 17.0 Å². The molecule has 3 heteroatoms. The summed E-state index contributed by atoms with van der Waals surface area (Å²) in [5.74, 6) is 0.716. The maximum Gasteiger partial charge on any atom is 0.0488 e. The SMILES string of the molecule is CCCNC1CCCC(S(=O)Cc2cc(C)cc(C)c2)C1. The van der Waals surface area contributed by atoms with Crippen LogP contribution in [0.5, 0.6) is 0 Å². The Morgan fingerprint density at radius 3 is 2.57 bits per heavy atom. The van der Waals surface area contributed by atoms with Gasteiger partial charge in [-0.1, -0.05) is 42.7 Å². The lowest BCUT2D eigenvalue weighted by atomic mass is 9.95. The van der Waals surface area contributed by atoms with E-state index in [0.717, 1.165) is 19.4 Å². The lowest BCUT2D eigenvalue weighted by Crippen LogP contribution is -2.38. The van der Waals surface area contributed by atoms with Gasteiger partial charge in [0.25, 0.3) is 0 Å². The maximum absolute atomic E-state index is 12.7. The van der Waals surface area contributed by atoms with Crippen LogP contribution in [0.25, 0.3) is 0 Å². The highest BCUT2D eigenvalue weighted by atomic mass is 32.2. The topological polar surface area (TPSA) is 29.1 Å². The third-order valence-electron chi connectivity index (χ3n) is 4.27. The van der Waals surface area contributed by atoms with Crippen molar-refractivity contribution in [1.29, 1.82) is 0 Å². The van der Waals surface area contributed by atoms with Crippen molar-refractivity contribution in [3.05, 3.63) is 34.9 Å². The van der Waals surface area contributed by atoms with E-state index >= 15 is 0 Å². The summed E-state index contributed by atoms with van der Waals surface area (Å²) in [6, 6.07) is 7.12. The van der Waals surface area contributed by atoms with E-state index in [1.807, 2.05) is 0 Å². The van der Waals surface area contributed by atoms with Gasteiger partial charge in [0.15, 0.2) is 0 Å². The first-order chi connectivity index (χ1) is 10.1. The zero-order valence-electron chi connectivity index (χ0n) is 13.7. The Morgan fingerprint density at radius 2 is 1.90 bits per heavy atom. The summed E-state index contributed by atoms with van der Waals surface area (Å²) in [7, 11) is -0.740. The minimum atomic E-state index is -0.740. The molecule has 0 aromatic heterocycles. The maximum atomic E-state index is 12.7. The van der Waals surface area contributed by atoms with E-state index in [9.17, 15) is 4.21 Å². The monoisotopic (exact) mass is 307 g/mol. The van der Waals surface area contributed by atoms with Gasteiger partial charge in [0, 0.05) is 27.8 Å². The van der Waals surface area contributed by atoms with Crippen LogP contribution in [0.2, 0.25) is 0 Å². The predicted molar refractivity (Wildman–Crippen MR) is 92.1 cm³/mol. The van der Waals surface area contributed by atoms with Crippen molar-refractivity contribution < 1.29 is 4.21 Å². The standard InChI is InChI=1S/C18H29NOS/c1-4-8-19-17-6-5-7-18(12-17)21(20)13-16-10-14(2)9-15(3)11-16/h9-11,17-19H,4-8,12-13H2,1-3H3. The quantitative estimate of drug-likeness (QED) is 0.864. The first-order valence-electron chi connectivity index (χ1n) is 8.26. The van der Waals surface area contributed by atoms with Crippen LogP contribution >= 0.6 is 0 Å². The molecule has 1 saturated carbocycles. The Bertz CT molecular complexity index is 466. The lowest BCUT2D eigenvalue weighted by molar-refractivity contribution is 0.377. The van der Waals surface area contributed by atoms with Gasteiger partial charge in [0.2, 0.25) is 0 Å². The molecule has 118 valence electrons. The van der Waals surface area contributed by atoms with Gasteiger partial charge in [-0.2, -0.15) is 0 Å². The van der Waals surface area contributed by atoms with Gasteiger partial charge in [-0.25, -0.2) is 0 Å². The number of rotatable bonds is 6. The van der Waals surface area contributed by atoms with Gasteiger partial charge in [0.05, 0.1) is 0 Å². The van der Waals surface area contributed by atoms with E-state index in [-0.39, 0.29) is 0 Å². The minimum absolute atomic E-state index is 0.369. The first-order valence-corrected chi connectivity index (χ1v) is 9.64. The molecule has 1 fully saturated rings. The molecule has 21 heavy (non-hydrogen) atoms. The van der Waals surface area contributed by atoms with E-state index in [2.05, 4.69) is 44.3 Å². The zero-order valence-corrected chi connectivity index (χ0v) is 14.5. The van der Waals surface area contributed by atoms with E-state index in [1.165, 1.54) is 36.0 Å². The second-order valence-corrected chi connectivity index (χ2v) is 8.18. The largest absolute Gasteiger partial charge is 0.314 e. The third kappa shape index (κ3) is 5.23. The highest BCUT2D eigenvalue weighted by Gasteiger charge is 2.25. The van der Waals surface area contributed by atoms with Crippen LogP contribution in [0.3, 0.4) is 0 Å². The number of nitrogens with one attached hydrogen (secondary N) is 1. The van der Waals surface area contributed by atoms with Crippen LogP contribution in [-0.2, 0) is 16.6 Å². The van der Waals surface area contributed by atoms with Crippen LogP contribution < -0.4 is 5.32 Å². The predicted octanol–water partition coefficient (Wildman–Crippen LogP) is 3.86. The van der Waals surface area contributed by atoms with Gasteiger partial charge >= 0.3 is 0 Å². The fourth-order valence-corrected chi connectivity index (χ4v) is 4.96. The van der Waals surface area contributed by atoms with Crippen molar-refractivity contribution in [2.75, 3.05) is 6.54 Å². The fourth-order valence-electron chi connectivity index (χ4n) is 3.35. The van der Waals surface area contributed by atoms with E-state index in [1.54, 1.807) is 0 Å². The molecule has 0 bridgehead atoms. The second-order valence-electron chi connectivity index (χ2n) is 6.46. The van der Waals surface area contributed by atoms with Crippen LogP contribution in [-0.4, -0.2) is 22.0 Å². The van der Waals surface area contributed by atoms with Gasteiger partial charge in [0.1, 0.15) is 0 Å². The van der Waals surface area contributed by atoms with Crippen molar-refractivity contribution in [2.45, 2.75) is 69.9 Å². The number of aryl methyl sites for hydroxylation is 2. The molecule has 0 heterocycles. The normalized spacial score (nSPS) is 24.0. The molecule has 1 aromatic carbocycles. The van der Waals surface area contributed by atoms with Crippen molar-refractivity contribution in [2.24, 2.45) is 0 Å². The number of hydrogen-bond acceptors (Lipinski definition) is 2. The highest BCUT2D eigenvalue weighted by Crippen LogP contribution is 2.25. The van der Waals surface area contributed by atoms with Crippen LogP contribution in [0.1, 0.15) is 55.7 Å². The summed E-state index contributed by atoms with van der Waals surface area (Å²) < 4.78 is 12.7. The Hall–Kier alpha value is -0.670. The second kappa shape index (κ2) is 8.09. The molecule has 0 saturated heterocycles. The third-order valence-corrected chi connectivity index (χ3v) is 6.06. The Morgan fingerprint density at radius 1 is 1.19 bits per heavy atom. The molecule has 1 aliphatic carbocycles. The minimum Gasteiger partial charge on any atom is -0.314 e. The molecule has 0 radical (unpaired) electrons. The summed E-state index contributed by atoms with van der Waals surface area (Å²) in [5, 5.41) is 3.97. The van der Waals surface area contributed by atoms with E-state index in [4.69, 9.17) is 0 Å². The average Bonchev–Trinajstić information content (AvgIpc) is 2.44. The Labute approximate surface area is 132 Å². The smallest absolute Gasteiger partial charge is 0.0488 e. The highest BCUT2D eigenvalue weighted by molar-refractivity contribution is 7.84. The zero-order chi connectivity index (χ0) is 15.2. The average molecular weight is 308 g/mol. The van der Waals surface area contributed by atoms with Crippen LogP contribution in [0.4, 0.5) is 0 Å². The summed E-state index contributed by atoms with van der Waals surface area (Å²) in [6.45, 7) is 7.52. The molecule has 0 aliphatic heterocycles. The van der Waals surface area contributed by atoms with Crippen molar-refractivity contribution >= 4 is 10.8 Å². The van der Waals surface area contributed by atoms with Crippen LogP contribution in [0.15, 0.2) is 18.2 Å². The molecule has 1 N–H and O–H groups in total. The molecule has 0 amide bonds. The molecule has 2 rings (SSSR count). The summed E-state index contributed by atoms with van der Waals surface area (Å²) in [4.78, 5) is 0. The Kier molecular flexibility index (Phi) is 6.43. The number of benzene rings is 1. The first kappa shape index (κ1) is 16.7.